The molecule has 1 amide bonds. The minimum atomic E-state index is -1.17. The molecule has 1 N–H and O–H groups in total. The van der Waals surface area contributed by atoms with Gasteiger partial charge in [-0.1, -0.05) is 43.9 Å². The lowest BCUT2D eigenvalue weighted by Crippen LogP contribution is -2.63. The van der Waals surface area contributed by atoms with Crippen LogP contribution in [0.3, 0.4) is 0 Å². The predicted octanol–water partition coefficient (Wildman–Crippen LogP) is 4.39. The summed E-state index contributed by atoms with van der Waals surface area (Å²) in [5.41, 5.74) is 0.823. The first-order chi connectivity index (χ1) is 16.4. The van der Waals surface area contributed by atoms with E-state index >= 15 is 0 Å². The van der Waals surface area contributed by atoms with E-state index in [1.54, 1.807) is 14.1 Å². The molecule has 2 aliphatic carbocycles. The van der Waals surface area contributed by atoms with Gasteiger partial charge in [0.05, 0.1) is 0 Å². The largest absolute Gasteiger partial charge is 0.480 e. The highest BCUT2D eigenvalue weighted by Gasteiger charge is 2.47. The van der Waals surface area contributed by atoms with E-state index in [4.69, 9.17) is 0 Å². The molecule has 1 aromatic rings. The molecule has 2 saturated carbocycles. The van der Waals surface area contributed by atoms with Crippen LogP contribution in [-0.2, 0) is 9.59 Å². The van der Waals surface area contributed by atoms with Gasteiger partial charge in [-0.2, -0.15) is 0 Å². The van der Waals surface area contributed by atoms with Crippen molar-refractivity contribution in [3.8, 4) is 0 Å². The first kappa shape index (κ1) is 23.8. The van der Waals surface area contributed by atoms with E-state index in [0.29, 0.717) is 18.1 Å². The maximum absolute atomic E-state index is 13.8. The van der Waals surface area contributed by atoms with Gasteiger partial charge in [-0.3, -0.25) is 14.6 Å². The minimum absolute atomic E-state index is 0.0475. The molecule has 2 heterocycles. The number of carbonyl (C=O) groups is 2. The number of benzene rings is 1. The van der Waals surface area contributed by atoms with Crippen LogP contribution in [0.5, 0.6) is 0 Å². The lowest BCUT2D eigenvalue weighted by atomic mass is 9.68. The Bertz CT molecular complexity index is 849. The van der Waals surface area contributed by atoms with E-state index in [1.165, 1.54) is 62.7 Å². The van der Waals surface area contributed by atoms with Gasteiger partial charge in [-0.15, -0.1) is 0 Å². The van der Waals surface area contributed by atoms with Crippen LogP contribution in [0, 0.1) is 11.8 Å². The summed E-state index contributed by atoms with van der Waals surface area (Å²) in [6.45, 7) is 0. The second-order valence-corrected chi connectivity index (χ2v) is 11.6. The Morgan fingerprint density at radius 2 is 1.44 bits per heavy atom. The number of carbonyl (C=O) groups excluding carboxylic acids is 1. The van der Waals surface area contributed by atoms with Crippen LogP contribution in [0.4, 0.5) is 5.69 Å². The van der Waals surface area contributed by atoms with Crippen molar-refractivity contribution in [2.45, 2.75) is 101 Å². The number of anilines is 1. The Morgan fingerprint density at radius 3 is 2.00 bits per heavy atom. The molecule has 5 unspecified atom stereocenters. The lowest BCUT2D eigenvalue weighted by molar-refractivity contribution is -0.147. The second kappa shape index (κ2) is 9.98. The minimum Gasteiger partial charge on any atom is -0.480 e. The Hall–Kier alpha value is -1.92. The summed E-state index contributed by atoms with van der Waals surface area (Å²) in [5.74, 6) is 0.430. The van der Waals surface area contributed by atoms with Gasteiger partial charge in [0.15, 0.2) is 6.04 Å². The molecule has 6 heteroatoms. The number of fused-ring (bicyclic) bond motifs is 4. The van der Waals surface area contributed by atoms with Crippen LogP contribution < -0.4 is 4.90 Å². The van der Waals surface area contributed by atoms with Crippen LogP contribution in [0.15, 0.2) is 30.3 Å². The first-order valence-corrected chi connectivity index (χ1v) is 13.5. The summed E-state index contributed by atoms with van der Waals surface area (Å²) < 4.78 is 0. The van der Waals surface area contributed by atoms with E-state index < -0.39 is 12.0 Å². The van der Waals surface area contributed by atoms with Gasteiger partial charge < -0.3 is 10.0 Å². The van der Waals surface area contributed by atoms with Crippen LogP contribution in [0.25, 0.3) is 0 Å². The molecule has 4 bridgehead atoms. The number of amides is 1. The molecular formula is C28H41N3O3. The number of carboxylic acid groups (broad SMARTS) is 1. The number of hydrogen-bond acceptors (Lipinski definition) is 4. The molecule has 5 atom stereocenters. The Balaban J connectivity index is 1.41. The van der Waals surface area contributed by atoms with Crippen molar-refractivity contribution in [1.82, 2.24) is 9.80 Å². The van der Waals surface area contributed by atoms with E-state index in [-0.39, 0.29) is 11.9 Å². The van der Waals surface area contributed by atoms with Crippen LogP contribution >= 0.6 is 0 Å². The van der Waals surface area contributed by atoms with E-state index in [9.17, 15) is 14.7 Å². The number of piperidine rings is 2. The van der Waals surface area contributed by atoms with Crippen molar-refractivity contribution in [2.75, 3.05) is 19.0 Å². The van der Waals surface area contributed by atoms with Crippen molar-refractivity contribution in [1.29, 1.82) is 0 Å². The number of aliphatic carboxylic acids is 1. The van der Waals surface area contributed by atoms with Gasteiger partial charge in [0.2, 0.25) is 0 Å². The third kappa shape index (κ3) is 4.64. The number of likely N-dealkylation sites (N-methyl/N-ethyl adjacent to an activating group) is 1. The molecule has 5 rings (SSSR count). The number of carboxylic acids is 1. The molecule has 4 aliphatic rings. The zero-order chi connectivity index (χ0) is 23.8. The molecule has 6 nitrogen and oxygen atoms in total. The average molecular weight is 468 g/mol. The third-order valence-electron chi connectivity index (χ3n) is 9.15. The zero-order valence-electron chi connectivity index (χ0n) is 20.8. The van der Waals surface area contributed by atoms with Crippen LogP contribution in [-0.4, -0.2) is 71.1 Å². The highest BCUT2D eigenvalue weighted by molar-refractivity contribution is 6.09. The average Bonchev–Trinajstić information content (AvgIpc) is 2.78. The molecule has 0 radical (unpaired) electrons. The monoisotopic (exact) mass is 467 g/mol. The number of nitrogens with zero attached hydrogens (tertiary/aromatic N) is 3. The fourth-order valence-electron chi connectivity index (χ4n) is 7.92. The summed E-state index contributed by atoms with van der Waals surface area (Å²) in [6.07, 6.45) is 14.0. The smallest absolute Gasteiger partial charge is 0.330 e. The van der Waals surface area contributed by atoms with Gasteiger partial charge in [0, 0.05) is 29.9 Å². The van der Waals surface area contributed by atoms with Crippen LogP contribution in [0.1, 0.15) is 70.6 Å². The maximum Gasteiger partial charge on any atom is 0.330 e. The van der Waals surface area contributed by atoms with E-state index in [0.717, 1.165) is 30.4 Å². The fourth-order valence-corrected chi connectivity index (χ4v) is 7.92. The van der Waals surface area contributed by atoms with Gasteiger partial charge >= 0.3 is 5.97 Å². The molecule has 0 spiro atoms. The SMILES string of the molecule is CN(C)C(C(=O)O)C(=O)N(c1ccccc1)C1CC2CCCC(C1)N2C1CC2CCCC(C2)C1. The Morgan fingerprint density at radius 1 is 0.853 bits per heavy atom. The van der Waals surface area contributed by atoms with Gasteiger partial charge in [0.1, 0.15) is 0 Å². The number of rotatable bonds is 6. The van der Waals surface area contributed by atoms with Crippen molar-refractivity contribution in [3.05, 3.63) is 30.3 Å². The van der Waals surface area contributed by atoms with Crippen molar-refractivity contribution < 1.29 is 14.7 Å². The molecule has 2 aliphatic heterocycles. The first-order valence-electron chi connectivity index (χ1n) is 13.5. The zero-order valence-corrected chi connectivity index (χ0v) is 20.8. The molecule has 0 aromatic heterocycles. The van der Waals surface area contributed by atoms with Crippen molar-refractivity contribution in [2.24, 2.45) is 11.8 Å². The van der Waals surface area contributed by atoms with Gasteiger partial charge in [-0.05, 0) is 83.0 Å². The normalized spacial score (nSPS) is 34.4. The Kier molecular flexibility index (Phi) is 6.99. The number of hydrogen-bond donors (Lipinski definition) is 1. The topological polar surface area (TPSA) is 64.1 Å². The van der Waals surface area contributed by atoms with Crippen molar-refractivity contribution >= 4 is 17.6 Å². The standard InChI is InChI=1S/C28H41N3O3/c1-29(2)26(28(33)34)27(32)31(21-10-4-3-5-11-21)25-17-22-12-7-13-23(18-25)30(22)24-15-19-8-6-9-20(14-19)16-24/h3-5,10-11,19-20,22-26H,6-9,12-18H2,1-2H3,(H,33,34). The quantitative estimate of drug-likeness (QED) is 0.629. The van der Waals surface area contributed by atoms with E-state index in [2.05, 4.69) is 4.90 Å². The van der Waals surface area contributed by atoms with E-state index in [1.807, 2.05) is 35.2 Å². The highest BCUT2D eigenvalue weighted by atomic mass is 16.4. The molecule has 1 aromatic carbocycles. The third-order valence-corrected chi connectivity index (χ3v) is 9.15. The second-order valence-electron chi connectivity index (χ2n) is 11.6. The maximum atomic E-state index is 13.8. The predicted molar refractivity (Wildman–Crippen MR) is 134 cm³/mol. The molecule has 2 saturated heterocycles. The van der Waals surface area contributed by atoms with Crippen LogP contribution in [0.2, 0.25) is 0 Å². The molecule has 186 valence electrons. The Labute approximate surface area is 204 Å². The van der Waals surface area contributed by atoms with Gasteiger partial charge in [-0.25, -0.2) is 4.79 Å². The summed E-state index contributed by atoms with van der Waals surface area (Å²) in [5, 5.41) is 9.86. The van der Waals surface area contributed by atoms with Crippen molar-refractivity contribution in [3.63, 3.8) is 0 Å². The molecule has 34 heavy (non-hydrogen) atoms. The lowest BCUT2D eigenvalue weighted by Gasteiger charge is -2.56. The molecule has 4 fully saturated rings. The number of para-hydroxylation sites is 1. The summed E-state index contributed by atoms with van der Waals surface area (Å²) in [4.78, 5) is 32.1. The molecular weight excluding hydrogens is 426 g/mol. The highest BCUT2D eigenvalue weighted by Crippen LogP contribution is 2.46. The summed E-state index contributed by atoms with van der Waals surface area (Å²) in [6, 6.07) is 10.3. The summed E-state index contributed by atoms with van der Waals surface area (Å²) in [7, 11) is 3.36. The summed E-state index contributed by atoms with van der Waals surface area (Å²) >= 11 is 0. The fraction of sp³-hybridized carbons (Fsp3) is 0.714. The van der Waals surface area contributed by atoms with Gasteiger partial charge in [0.25, 0.3) is 5.91 Å².